The molecule has 0 aliphatic heterocycles. The number of hydrogen-bond acceptors (Lipinski definition) is 6. The molecule has 1 saturated carbocycles. The summed E-state index contributed by atoms with van der Waals surface area (Å²) in [4.78, 5) is 25.8. The van der Waals surface area contributed by atoms with Crippen molar-refractivity contribution in [2.75, 3.05) is 13.2 Å². The van der Waals surface area contributed by atoms with Crippen molar-refractivity contribution in [3.05, 3.63) is 66.0 Å². The zero-order valence-electron chi connectivity index (χ0n) is 16.0. The molecular weight excluding hydrogens is 399 g/mol. The quantitative estimate of drug-likeness (QED) is 0.506. The third-order valence-corrected chi connectivity index (χ3v) is 7.21. The summed E-state index contributed by atoms with van der Waals surface area (Å²) in [5.74, 6) is -3.71. The second-order valence-electron chi connectivity index (χ2n) is 6.62. The van der Waals surface area contributed by atoms with Crippen LogP contribution in [-0.4, -0.2) is 38.8 Å². The summed E-state index contributed by atoms with van der Waals surface area (Å²) in [7, 11) is -4.13. The molecule has 2 aromatic rings. The minimum absolute atomic E-state index is 0.0399. The number of ether oxygens (including phenoxy) is 2. The lowest BCUT2D eigenvalue weighted by atomic mass is 9.99. The molecular formula is C21H21FO6S. The molecule has 1 aliphatic carbocycles. The summed E-state index contributed by atoms with van der Waals surface area (Å²) in [6.45, 7) is 3.01. The maximum absolute atomic E-state index is 13.9. The predicted octanol–water partition coefficient (Wildman–Crippen LogP) is 2.88. The smallest absolute Gasteiger partial charge is 0.325 e. The minimum Gasteiger partial charge on any atom is -0.465 e. The Morgan fingerprint density at radius 3 is 2.07 bits per heavy atom. The van der Waals surface area contributed by atoms with Gasteiger partial charge in [0.15, 0.2) is 15.3 Å². The fourth-order valence-electron chi connectivity index (χ4n) is 3.75. The highest BCUT2D eigenvalue weighted by molar-refractivity contribution is 7.92. The van der Waals surface area contributed by atoms with Crippen LogP contribution in [0, 0.1) is 11.2 Å². The van der Waals surface area contributed by atoms with Crippen LogP contribution < -0.4 is 0 Å². The van der Waals surface area contributed by atoms with Crippen LogP contribution in [0.25, 0.3) is 0 Å². The molecule has 3 rings (SSSR count). The van der Waals surface area contributed by atoms with E-state index in [2.05, 4.69) is 0 Å². The first-order chi connectivity index (χ1) is 13.8. The monoisotopic (exact) mass is 420 g/mol. The van der Waals surface area contributed by atoms with Gasteiger partial charge in [0.25, 0.3) is 0 Å². The molecule has 29 heavy (non-hydrogen) atoms. The number of carbonyl (C=O) groups excluding carboxylic acids is 2. The van der Waals surface area contributed by atoms with Gasteiger partial charge in [0.1, 0.15) is 11.1 Å². The summed E-state index contributed by atoms with van der Waals surface area (Å²) < 4.78 is 50.8. The molecule has 0 bridgehead atoms. The third-order valence-electron chi connectivity index (χ3n) is 4.97. The molecule has 2 aromatic carbocycles. The van der Waals surface area contributed by atoms with Crippen LogP contribution in [0.5, 0.6) is 0 Å². The maximum atomic E-state index is 13.9. The summed E-state index contributed by atoms with van der Waals surface area (Å²) in [5, 5.41) is -1.46. The Morgan fingerprint density at radius 1 is 0.966 bits per heavy atom. The van der Waals surface area contributed by atoms with E-state index in [0.29, 0.717) is 0 Å². The van der Waals surface area contributed by atoms with Crippen molar-refractivity contribution >= 4 is 21.8 Å². The Kier molecular flexibility index (Phi) is 5.75. The normalized spacial score (nSPS) is 20.0. The molecule has 0 heterocycles. The average Bonchev–Trinajstić information content (AvgIpc) is 3.42. The second-order valence-corrected chi connectivity index (χ2v) is 8.69. The Bertz CT molecular complexity index is 1000. The second kappa shape index (κ2) is 7.94. The first-order valence-corrected chi connectivity index (χ1v) is 10.7. The Labute approximate surface area is 168 Å². The van der Waals surface area contributed by atoms with Crippen LogP contribution in [0.3, 0.4) is 0 Å². The van der Waals surface area contributed by atoms with E-state index in [0.717, 1.165) is 6.07 Å². The molecule has 8 heteroatoms. The highest BCUT2D eigenvalue weighted by Gasteiger charge is 2.81. The first-order valence-electron chi connectivity index (χ1n) is 9.20. The number of rotatable bonds is 7. The lowest BCUT2D eigenvalue weighted by Gasteiger charge is -2.15. The Balaban J connectivity index is 2.21. The largest absolute Gasteiger partial charge is 0.465 e. The first kappa shape index (κ1) is 21.0. The number of esters is 2. The highest BCUT2D eigenvalue weighted by Crippen LogP contribution is 2.65. The standard InChI is InChI=1S/C21H21FO6S/c1-3-27-19(23)21(20(24)28-4-2)17(14-9-8-10-15(22)13-14)18(21)29(25,26)16-11-6-5-7-12-16/h5-13,17-18H,3-4H2,1-2H3/t17-,18+/m1/s1. The van der Waals surface area contributed by atoms with Gasteiger partial charge in [0, 0.05) is 5.92 Å². The maximum Gasteiger partial charge on any atom is 0.325 e. The number of benzene rings is 2. The fraction of sp³-hybridized carbons (Fsp3) is 0.333. The van der Waals surface area contributed by atoms with Gasteiger partial charge in [-0.1, -0.05) is 30.3 Å². The van der Waals surface area contributed by atoms with Crippen LogP contribution in [0.1, 0.15) is 25.3 Å². The lowest BCUT2D eigenvalue weighted by molar-refractivity contribution is -0.164. The van der Waals surface area contributed by atoms with Crippen LogP contribution in [0.15, 0.2) is 59.5 Å². The fourth-order valence-corrected chi connectivity index (χ4v) is 6.05. The van der Waals surface area contributed by atoms with Gasteiger partial charge in [-0.3, -0.25) is 9.59 Å². The van der Waals surface area contributed by atoms with Crippen molar-refractivity contribution in [3.63, 3.8) is 0 Å². The van der Waals surface area contributed by atoms with E-state index in [9.17, 15) is 22.4 Å². The molecule has 0 saturated heterocycles. The molecule has 0 spiro atoms. The van der Waals surface area contributed by atoms with Gasteiger partial charge in [0.05, 0.1) is 18.1 Å². The molecule has 0 N–H and O–H groups in total. The molecule has 0 aromatic heterocycles. The minimum atomic E-state index is -4.13. The van der Waals surface area contributed by atoms with E-state index >= 15 is 0 Å². The summed E-state index contributed by atoms with van der Waals surface area (Å²) in [6.07, 6.45) is 0. The molecule has 0 amide bonds. The van der Waals surface area contributed by atoms with E-state index < -0.39 is 44.2 Å². The third kappa shape index (κ3) is 3.42. The van der Waals surface area contributed by atoms with Crippen LogP contribution in [-0.2, 0) is 28.9 Å². The van der Waals surface area contributed by atoms with E-state index in [1.807, 2.05) is 0 Å². The molecule has 2 atom stereocenters. The lowest BCUT2D eigenvalue weighted by Crippen LogP contribution is -2.35. The molecule has 1 fully saturated rings. The molecule has 6 nitrogen and oxygen atoms in total. The van der Waals surface area contributed by atoms with E-state index in [4.69, 9.17) is 9.47 Å². The Hall–Kier alpha value is -2.74. The summed E-state index contributed by atoms with van der Waals surface area (Å²) in [5.41, 5.74) is -1.87. The van der Waals surface area contributed by atoms with Crippen molar-refractivity contribution in [1.29, 1.82) is 0 Å². The number of hydrogen-bond donors (Lipinski definition) is 0. The van der Waals surface area contributed by atoms with Crippen molar-refractivity contribution in [2.45, 2.75) is 29.9 Å². The predicted molar refractivity (Wildman–Crippen MR) is 102 cm³/mol. The molecule has 154 valence electrons. The van der Waals surface area contributed by atoms with Gasteiger partial charge in [0.2, 0.25) is 0 Å². The summed E-state index contributed by atoms with van der Waals surface area (Å²) >= 11 is 0. The van der Waals surface area contributed by atoms with Crippen LogP contribution in [0.4, 0.5) is 4.39 Å². The van der Waals surface area contributed by atoms with Gasteiger partial charge in [-0.05, 0) is 43.7 Å². The van der Waals surface area contributed by atoms with Crippen molar-refractivity contribution in [2.24, 2.45) is 5.41 Å². The SMILES string of the molecule is CCOC(=O)C1(C(=O)OCC)[C@H](c2cccc(F)c2)[C@@H]1S(=O)(=O)c1ccccc1. The summed E-state index contributed by atoms with van der Waals surface area (Å²) in [6, 6.07) is 12.7. The molecule has 0 unspecified atom stereocenters. The van der Waals surface area contributed by atoms with Gasteiger partial charge >= 0.3 is 11.9 Å². The number of sulfone groups is 1. The highest BCUT2D eigenvalue weighted by atomic mass is 32.2. The molecule has 1 aliphatic rings. The van der Waals surface area contributed by atoms with Gasteiger partial charge in [-0.25, -0.2) is 12.8 Å². The molecule has 0 radical (unpaired) electrons. The van der Waals surface area contributed by atoms with Crippen molar-refractivity contribution in [3.8, 4) is 0 Å². The van der Waals surface area contributed by atoms with E-state index in [1.54, 1.807) is 32.0 Å². The van der Waals surface area contributed by atoms with Crippen LogP contribution in [0.2, 0.25) is 0 Å². The van der Waals surface area contributed by atoms with Crippen molar-refractivity contribution in [1.82, 2.24) is 0 Å². The van der Waals surface area contributed by atoms with Crippen molar-refractivity contribution < 1.29 is 31.9 Å². The number of carbonyl (C=O) groups is 2. The van der Waals surface area contributed by atoms with E-state index in [-0.39, 0.29) is 23.7 Å². The van der Waals surface area contributed by atoms with Crippen LogP contribution >= 0.6 is 0 Å². The topological polar surface area (TPSA) is 86.7 Å². The number of halogens is 1. The van der Waals surface area contributed by atoms with Gasteiger partial charge in [-0.15, -0.1) is 0 Å². The zero-order valence-corrected chi connectivity index (χ0v) is 16.8. The van der Waals surface area contributed by atoms with E-state index in [1.165, 1.54) is 30.3 Å². The average molecular weight is 420 g/mol. The van der Waals surface area contributed by atoms with Gasteiger partial charge in [-0.2, -0.15) is 0 Å². The van der Waals surface area contributed by atoms with Gasteiger partial charge < -0.3 is 9.47 Å². The zero-order chi connectivity index (χ0) is 21.2. The Morgan fingerprint density at radius 2 is 1.55 bits per heavy atom.